The molecule has 0 saturated heterocycles. The van der Waals surface area contributed by atoms with E-state index in [0.29, 0.717) is 23.5 Å². The molecule has 2 rings (SSSR count). The summed E-state index contributed by atoms with van der Waals surface area (Å²) < 4.78 is 27.5. The monoisotopic (exact) mass is 308 g/mol. The number of halogens is 2. The SMILES string of the molecule is CCCCCC1CCC(CCc2ccc(C)c(F)c2F)CC1. The first-order valence-corrected chi connectivity index (χ1v) is 9.05. The van der Waals surface area contributed by atoms with E-state index < -0.39 is 11.6 Å². The molecule has 0 atom stereocenters. The molecule has 2 heteroatoms. The highest BCUT2D eigenvalue weighted by atomic mass is 19.2. The first-order chi connectivity index (χ1) is 10.6. The Kier molecular flexibility index (Phi) is 6.85. The number of rotatable bonds is 7. The molecule has 22 heavy (non-hydrogen) atoms. The Hall–Kier alpha value is -0.920. The van der Waals surface area contributed by atoms with E-state index in [4.69, 9.17) is 0 Å². The van der Waals surface area contributed by atoms with Gasteiger partial charge in [-0.05, 0) is 42.7 Å². The number of aryl methyl sites for hydroxylation is 2. The van der Waals surface area contributed by atoms with Gasteiger partial charge in [0.05, 0.1) is 0 Å². The number of hydrogen-bond acceptors (Lipinski definition) is 0. The van der Waals surface area contributed by atoms with Gasteiger partial charge in [-0.15, -0.1) is 0 Å². The Morgan fingerprint density at radius 3 is 2.18 bits per heavy atom. The molecule has 0 amide bonds. The van der Waals surface area contributed by atoms with Gasteiger partial charge in [0.1, 0.15) is 0 Å². The second kappa shape index (κ2) is 8.64. The third kappa shape index (κ3) is 4.79. The second-order valence-electron chi connectivity index (χ2n) is 7.09. The molecule has 0 heterocycles. The molecule has 1 aliphatic carbocycles. The van der Waals surface area contributed by atoms with Crippen molar-refractivity contribution in [2.75, 3.05) is 0 Å². The number of unbranched alkanes of at least 4 members (excludes halogenated alkanes) is 2. The fraction of sp³-hybridized carbons (Fsp3) is 0.700. The van der Waals surface area contributed by atoms with Crippen LogP contribution in [0.15, 0.2) is 12.1 Å². The highest BCUT2D eigenvalue weighted by Crippen LogP contribution is 2.34. The third-order valence-corrected chi connectivity index (χ3v) is 5.36. The molecule has 1 fully saturated rings. The molecular weight excluding hydrogens is 278 g/mol. The zero-order valence-electron chi connectivity index (χ0n) is 14.1. The van der Waals surface area contributed by atoms with Crippen molar-refractivity contribution in [1.82, 2.24) is 0 Å². The first-order valence-electron chi connectivity index (χ1n) is 9.05. The maximum Gasteiger partial charge on any atom is 0.162 e. The molecule has 0 spiro atoms. The van der Waals surface area contributed by atoms with Crippen LogP contribution in [0, 0.1) is 30.4 Å². The van der Waals surface area contributed by atoms with Gasteiger partial charge in [0.2, 0.25) is 0 Å². The van der Waals surface area contributed by atoms with Crippen molar-refractivity contribution in [2.24, 2.45) is 11.8 Å². The second-order valence-corrected chi connectivity index (χ2v) is 7.09. The zero-order valence-corrected chi connectivity index (χ0v) is 14.1. The van der Waals surface area contributed by atoms with Crippen LogP contribution in [0.3, 0.4) is 0 Å². The van der Waals surface area contributed by atoms with Crippen LogP contribution >= 0.6 is 0 Å². The van der Waals surface area contributed by atoms with E-state index in [1.807, 2.05) is 0 Å². The standard InChI is InChI=1S/C20H30F2/c1-3-4-5-6-16-8-10-17(11-9-16)12-14-18-13-7-15(2)19(21)20(18)22/h7,13,16-17H,3-6,8-12,14H2,1-2H3. The summed E-state index contributed by atoms with van der Waals surface area (Å²) in [5.41, 5.74) is 0.946. The Balaban J connectivity index is 1.74. The van der Waals surface area contributed by atoms with Crippen molar-refractivity contribution in [2.45, 2.75) is 78.1 Å². The summed E-state index contributed by atoms with van der Waals surface area (Å²) >= 11 is 0. The van der Waals surface area contributed by atoms with Crippen molar-refractivity contribution in [1.29, 1.82) is 0 Å². The minimum atomic E-state index is -0.669. The van der Waals surface area contributed by atoms with Gasteiger partial charge in [-0.1, -0.05) is 70.4 Å². The van der Waals surface area contributed by atoms with E-state index in [9.17, 15) is 8.78 Å². The van der Waals surface area contributed by atoms with E-state index in [1.165, 1.54) is 51.4 Å². The summed E-state index contributed by atoms with van der Waals surface area (Å²) in [5.74, 6) is 0.313. The lowest BCUT2D eigenvalue weighted by molar-refractivity contribution is 0.248. The van der Waals surface area contributed by atoms with Crippen LogP contribution in [0.1, 0.15) is 75.8 Å². The molecule has 0 bridgehead atoms. The maximum atomic E-state index is 13.9. The largest absolute Gasteiger partial charge is 0.203 e. The predicted octanol–water partition coefficient (Wildman–Crippen LogP) is 6.59. The fourth-order valence-electron chi connectivity index (χ4n) is 3.73. The van der Waals surface area contributed by atoms with E-state index in [-0.39, 0.29) is 0 Å². The van der Waals surface area contributed by atoms with Gasteiger partial charge in [-0.25, -0.2) is 8.78 Å². The highest BCUT2D eigenvalue weighted by Gasteiger charge is 2.21. The first kappa shape index (κ1) is 17.4. The Morgan fingerprint density at radius 1 is 0.909 bits per heavy atom. The van der Waals surface area contributed by atoms with Crippen molar-refractivity contribution in [3.63, 3.8) is 0 Å². The molecule has 1 aromatic rings. The Labute approximate surface area is 134 Å². The minimum absolute atomic E-state index is 0.397. The van der Waals surface area contributed by atoms with E-state index in [0.717, 1.165) is 12.3 Å². The van der Waals surface area contributed by atoms with Gasteiger partial charge < -0.3 is 0 Å². The Morgan fingerprint density at radius 2 is 1.55 bits per heavy atom. The smallest absolute Gasteiger partial charge is 0.162 e. The van der Waals surface area contributed by atoms with Gasteiger partial charge in [0.15, 0.2) is 11.6 Å². The summed E-state index contributed by atoms with van der Waals surface area (Å²) in [6, 6.07) is 3.45. The van der Waals surface area contributed by atoms with Crippen LogP contribution in [-0.2, 0) is 6.42 Å². The lowest BCUT2D eigenvalue weighted by atomic mass is 9.77. The molecule has 124 valence electrons. The summed E-state index contributed by atoms with van der Waals surface area (Å²) in [6.07, 6.45) is 12.3. The van der Waals surface area contributed by atoms with E-state index >= 15 is 0 Å². The van der Waals surface area contributed by atoms with Gasteiger partial charge in [0, 0.05) is 0 Å². The zero-order chi connectivity index (χ0) is 15.9. The molecule has 0 N–H and O–H groups in total. The molecule has 0 unspecified atom stereocenters. The predicted molar refractivity (Wildman–Crippen MR) is 89.0 cm³/mol. The normalized spacial score (nSPS) is 22.0. The van der Waals surface area contributed by atoms with Crippen molar-refractivity contribution < 1.29 is 8.78 Å². The maximum absolute atomic E-state index is 13.9. The summed E-state index contributed by atoms with van der Waals surface area (Å²) in [7, 11) is 0. The molecular formula is C20H30F2. The van der Waals surface area contributed by atoms with Crippen molar-refractivity contribution in [3.05, 3.63) is 34.9 Å². The highest BCUT2D eigenvalue weighted by molar-refractivity contribution is 5.25. The van der Waals surface area contributed by atoms with Crippen LogP contribution in [0.2, 0.25) is 0 Å². The summed E-state index contributed by atoms with van der Waals surface area (Å²) in [4.78, 5) is 0. The summed E-state index contributed by atoms with van der Waals surface area (Å²) in [5, 5.41) is 0. The lowest BCUT2D eigenvalue weighted by Crippen LogP contribution is -2.15. The van der Waals surface area contributed by atoms with Gasteiger partial charge in [0.25, 0.3) is 0 Å². The molecule has 0 radical (unpaired) electrons. The third-order valence-electron chi connectivity index (χ3n) is 5.36. The number of hydrogen-bond donors (Lipinski definition) is 0. The van der Waals surface area contributed by atoms with E-state index in [1.54, 1.807) is 19.1 Å². The molecule has 0 aliphatic heterocycles. The fourth-order valence-corrected chi connectivity index (χ4v) is 3.73. The van der Waals surface area contributed by atoms with Crippen molar-refractivity contribution >= 4 is 0 Å². The van der Waals surface area contributed by atoms with E-state index in [2.05, 4.69) is 6.92 Å². The number of benzene rings is 1. The molecule has 0 aromatic heterocycles. The van der Waals surface area contributed by atoms with Crippen molar-refractivity contribution in [3.8, 4) is 0 Å². The average Bonchev–Trinajstić information content (AvgIpc) is 2.53. The molecule has 0 nitrogen and oxygen atoms in total. The quantitative estimate of drug-likeness (QED) is 0.498. The van der Waals surface area contributed by atoms with Gasteiger partial charge in [-0.2, -0.15) is 0 Å². The molecule has 1 saturated carbocycles. The van der Waals surface area contributed by atoms with Crippen LogP contribution in [0.4, 0.5) is 8.78 Å². The Bertz CT molecular complexity index is 459. The van der Waals surface area contributed by atoms with Gasteiger partial charge in [-0.3, -0.25) is 0 Å². The minimum Gasteiger partial charge on any atom is -0.203 e. The molecule has 1 aliphatic rings. The van der Waals surface area contributed by atoms with Crippen LogP contribution in [-0.4, -0.2) is 0 Å². The van der Waals surface area contributed by atoms with Crippen LogP contribution in [0.5, 0.6) is 0 Å². The van der Waals surface area contributed by atoms with Crippen LogP contribution < -0.4 is 0 Å². The lowest BCUT2D eigenvalue weighted by Gasteiger charge is -2.28. The van der Waals surface area contributed by atoms with Crippen LogP contribution in [0.25, 0.3) is 0 Å². The topological polar surface area (TPSA) is 0 Å². The average molecular weight is 308 g/mol. The summed E-state index contributed by atoms with van der Waals surface area (Å²) in [6.45, 7) is 3.87. The molecule has 1 aromatic carbocycles. The van der Waals surface area contributed by atoms with Gasteiger partial charge >= 0.3 is 0 Å².